The van der Waals surface area contributed by atoms with Crippen LogP contribution in [0.3, 0.4) is 0 Å². The summed E-state index contributed by atoms with van der Waals surface area (Å²) in [6.45, 7) is 23.6. The number of nitrogens with zero attached hydrogens (tertiary/aromatic N) is 2. The predicted octanol–water partition coefficient (Wildman–Crippen LogP) is 23.8. The Labute approximate surface area is 525 Å². The van der Waals surface area contributed by atoms with Gasteiger partial charge in [0.2, 0.25) is 0 Å². The molecule has 89 heavy (non-hydrogen) atoms. The summed E-state index contributed by atoms with van der Waals surface area (Å²) in [5.74, 6) is 1.67. The second kappa shape index (κ2) is 23.5. The fourth-order valence-electron chi connectivity index (χ4n) is 12.5. The Morgan fingerprint density at radius 2 is 0.562 bits per heavy atom. The van der Waals surface area contributed by atoms with E-state index in [1.54, 1.807) is 0 Å². The highest BCUT2D eigenvalue weighted by molar-refractivity contribution is 6.37. The molecule has 4 heteroatoms. The molecular formula is C85H76N2O2. The number of rotatable bonds is 14. The van der Waals surface area contributed by atoms with Crippen molar-refractivity contribution in [1.29, 1.82) is 0 Å². The second-order valence-corrected chi connectivity index (χ2v) is 26.0. The van der Waals surface area contributed by atoms with Crippen LogP contribution in [0.2, 0.25) is 0 Å². The van der Waals surface area contributed by atoms with Crippen molar-refractivity contribution in [2.75, 3.05) is 9.80 Å². The molecule has 0 N–H and O–H groups in total. The van der Waals surface area contributed by atoms with Gasteiger partial charge in [-0.25, -0.2) is 0 Å². The van der Waals surface area contributed by atoms with E-state index in [0.717, 1.165) is 99.8 Å². The van der Waals surface area contributed by atoms with Crippen LogP contribution in [-0.2, 0) is 0 Å². The van der Waals surface area contributed by atoms with Crippen LogP contribution in [0.4, 0.5) is 34.1 Å². The van der Waals surface area contributed by atoms with E-state index in [-0.39, 0.29) is 0 Å². The monoisotopic (exact) mass is 1160 g/mol. The van der Waals surface area contributed by atoms with E-state index in [4.69, 9.17) is 9.47 Å². The minimum absolute atomic E-state index is 0.493. The Balaban J connectivity index is 1.02. The molecule has 0 spiro atoms. The van der Waals surface area contributed by atoms with E-state index in [0.29, 0.717) is 0 Å². The maximum Gasteiger partial charge on any atom is 0.128 e. The number of ether oxygens (including phenoxy) is 2. The van der Waals surface area contributed by atoms with Crippen molar-refractivity contribution in [1.82, 2.24) is 0 Å². The molecule has 0 atom stereocenters. The molecule has 13 rings (SSSR count). The molecule has 0 unspecified atom stereocenters. The van der Waals surface area contributed by atoms with Gasteiger partial charge in [-0.2, -0.15) is 0 Å². The second-order valence-electron chi connectivity index (χ2n) is 26.0. The van der Waals surface area contributed by atoms with Crippen LogP contribution in [-0.4, -0.2) is 11.2 Å². The number of anilines is 6. The lowest BCUT2D eigenvalue weighted by Gasteiger charge is -2.31. The molecule has 0 saturated heterocycles. The Hall–Kier alpha value is -10.2. The summed E-state index contributed by atoms with van der Waals surface area (Å²) in [6.07, 6.45) is 4.63. The molecule has 0 aliphatic heterocycles. The van der Waals surface area contributed by atoms with Gasteiger partial charge in [0.25, 0.3) is 0 Å². The molecule has 4 nitrogen and oxygen atoms in total. The van der Waals surface area contributed by atoms with E-state index >= 15 is 0 Å². The summed E-state index contributed by atoms with van der Waals surface area (Å²) < 4.78 is 14.3. The predicted molar refractivity (Wildman–Crippen MR) is 381 cm³/mol. The largest absolute Gasteiger partial charge is 0.487 e. The maximum absolute atomic E-state index is 7.14. The van der Waals surface area contributed by atoms with Crippen LogP contribution >= 0.6 is 0 Å². The molecule has 0 fully saturated rings. The summed E-state index contributed by atoms with van der Waals surface area (Å²) in [5, 5.41) is 8.76. The average molecular weight is 1160 g/mol. The summed E-state index contributed by atoms with van der Waals surface area (Å²) in [7, 11) is 0. The molecule has 0 aliphatic rings. The molecule has 13 aromatic rings. The van der Waals surface area contributed by atoms with Crippen molar-refractivity contribution >= 4 is 101 Å². The third kappa shape index (κ3) is 11.9. The summed E-state index contributed by atoms with van der Waals surface area (Å²) in [6, 6.07) is 91.3. The third-order valence-electron chi connectivity index (χ3n) is 16.8. The first-order valence-electron chi connectivity index (χ1n) is 31.1. The molecule has 13 aromatic carbocycles. The zero-order chi connectivity index (χ0) is 61.7. The molecule has 0 saturated carbocycles. The number of benzene rings is 13. The van der Waals surface area contributed by atoms with Crippen LogP contribution in [0.15, 0.2) is 249 Å². The fraction of sp³-hybridized carbons (Fsp3) is 0.153. The summed E-state index contributed by atoms with van der Waals surface area (Å²) in [4.78, 5) is 4.83. The van der Waals surface area contributed by atoms with E-state index in [9.17, 15) is 0 Å². The van der Waals surface area contributed by atoms with E-state index in [2.05, 4.69) is 347 Å². The molecular weight excluding hydrogens is 1080 g/mol. The minimum Gasteiger partial charge on any atom is -0.487 e. The van der Waals surface area contributed by atoms with Crippen molar-refractivity contribution in [3.05, 3.63) is 310 Å². The lowest BCUT2D eigenvalue weighted by atomic mass is 9.87. The van der Waals surface area contributed by atoms with Crippen LogP contribution < -0.4 is 19.3 Å². The van der Waals surface area contributed by atoms with Gasteiger partial charge in [-0.05, 0) is 229 Å². The topological polar surface area (TPSA) is 24.9 Å². The van der Waals surface area contributed by atoms with Gasteiger partial charge in [-0.1, -0.05) is 192 Å². The van der Waals surface area contributed by atoms with Crippen LogP contribution in [0, 0.1) is 34.6 Å². The summed E-state index contributed by atoms with van der Waals surface area (Å²) >= 11 is 0. The Morgan fingerprint density at radius 3 is 0.876 bits per heavy atom. The van der Waals surface area contributed by atoms with Crippen molar-refractivity contribution in [3.8, 4) is 11.5 Å². The highest BCUT2D eigenvalue weighted by Gasteiger charge is 2.28. The zero-order valence-corrected chi connectivity index (χ0v) is 53.0. The van der Waals surface area contributed by atoms with Crippen molar-refractivity contribution in [2.24, 2.45) is 0 Å². The Morgan fingerprint density at radius 1 is 0.281 bits per heavy atom. The standard InChI is InChI=1S/C85H76N2O2/c1-55-17-31-63(32-18-55)74(62-15-13-12-14-16-62)53-60-27-41-68(42-28-60)86(66-37-23-58(4)24-38-66)76-49-45-72-80-70(76)47-51-78(88-84(6,7)8)82(80)73-46-50-77(71-48-52-79(83(72)81(71)73)89-85(9,10)11)87(67-39-25-59(5)26-40-67)69-43-29-61(30-44-69)54-75(64-33-19-56(2)20-34-64)65-35-21-57(3)22-36-65/h12-54H,1-11H3/b74-53+. The van der Waals surface area contributed by atoms with Gasteiger partial charge in [-0.15, -0.1) is 0 Å². The number of aryl methyl sites for hydroxylation is 5. The number of hydrogen-bond acceptors (Lipinski definition) is 4. The van der Waals surface area contributed by atoms with Gasteiger partial charge < -0.3 is 19.3 Å². The molecule has 438 valence electrons. The normalized spacial score (nSPS) is 12.1. The molecule has 0 heterocycles. The number of hydrogen-bond donors (Lipinski definition) is 0. The maximum atomic E-state index is 7.14. The molecule has 0 radical (unpaired) electrons. The molecule has 0 bridgehead atoms. The van der Waals surface area contributed by atoms with Gasteiger partial charge >= 0.3 is 0 Å². The van der Waals surface area contributed by atoms with Crippen LogP contribution in [0.5, 0.6) is 11.5 Å². The van der Waals surface area contributed by atoms with Gasteiger partial charge in [0.05, 0.1) is 11.4 Å². The third-order valence-corrected chi connectivity index (χ3v) is 16.8. The Bertz CT molecular complexity index is 4710. The minimum atomic E-state index is -0.493. The van der Waals surface area contributed by atoms with E-state index < -0.39 is 11.2 Å². The van der Waals surface area contributed by atoms with E-state index in [1.807, 2.05) is 0 Å². The smallest absolute Gasteiger partial charge is 0.128 e. The van der Waals surface area contributed by atoms with Gasteiger partial charge in [0.1, 0.15) is 22.7 Å². The zero-order valence-electron chi connectivity index (χ0n) is 53.0. The lowest BCUT2D eigenvalue weighted by molar-refractivity contribution is 0.132. The fourth-order valence-corrected chi connectivity index (χ4v) is 12.5. The van der Waals surface area contributed by atoms with E-state index in [1.165, 1.54) is 61.2 Å². The highest BCUT2D eigenvalue weighted by Crippen LogP contribution is 2.54. The first-order chi connectivity index (χ1) is 42.9. The Kier molecular flexibility index (Phi) is 15.3. The quantitative estimate of drug-likeness (QED) is 0.0615. The van der Waals surface area contributed by atoms with Crippen LogP contribution in [0.25, 0.3) is 66.4 Å². The van der Waals surface area contributed by atoms with Gasteiger partial charge in [-0.3, -0.25) is 0 Å². The lowest BCUT2D eigenvalue weighted by Crippen LogP contribution is -2.23. The van der Waals surface area contributed by atoms with Gasteiger partial charge in [0.15, 0.2) is 0 Å². The average Bonchev–Trinajstić information content (AvgIpc) is 0.701. The highest BCUT2D eigenvalue weighted by atomic mass is 16.5. The van der Waals surface area contributed by atoms with Crippen LogP contribution in [0.1, 0.15) is 103 Å². The van der Waals surface area contributed by atoms with Crippen molar-refractivity contribution in [2.45, 2.75) is 87.4 Å². The summed E-state index contributed by atoms with van der Waals surface area (Å²) in [5.41, 5.74) is 20.8. The first-order valence-corrected chi connectivity index (χ1v) is 31.1. The molecule has 0 amide bonds. The van der Waals surface area contributed by atoms with Gasteiger partial charge in [0, 0.05) is 55.1 Å². The van der Waals surface area contributed by atoms with Crippen molar-refractivity contribution < 1.29 is 9.47 Å². The SMILES string of the molecule is Cc1ccc(C(=Cc2ccc(N(c3ccc(C)cc3)c3ccc4c5c(OC(C)(C)C)ccc6c(N(c7ccc(C)cc7)c7ccc(/C=C(\c8ccccc8)c8ccc(C)cc8)cc7)ccc(c7c(OC(C)(C)C)ccc3c47)c65)cc2)c2ccc(C)cc2)cc1. The molecule has 0 aromatic heterocycles. The number of fused-ring (bicyclic) bond motifs is 2. The van der Waals surface area contributed by atoms with Crippen molar-refractivity contribution in [3.63, 3.8) is 0 Å². The first kappa shape index (κ1) is 57.9. The molecule has 0 aliphatic carbocycles.